The van der Waals surface area contributed by atoms with E-state index in [-0.39, 0.29) is 0 Å². The van der Waals surface area contributed by atoms with Crippen molar-refractivity contribution < 1.29 is 0 Å². The van der Waals surface area contributed by atoms with Gasteiger partial charge in [-0.15, -0.1) is 0 Å². The second-order valence-electron chi connectivity index (χ2n) is 3.71. The van der Waals surface area contributed by atoms with Gasteiger partial charge in [0.05, 0.1) is 0 Å². The Morgan fingerprint density at radius 1 is 1.42 bits per heavy atom. The van der Waals surface area contributed by atoms with Crippen LogP contribution < -0.4 is 5.32 Å². The van der Waals surface area contributed by atoms with Gasteiger partial charge in [0.1, 0.15) is 0 Å². The molecule has 0 aliphatic rings. The lowest BCUT2D eigenvalue weighted by Gasteiger charge is -2.10. The van der Waals surface area contributed by atoms with Gasteiger partial charge in [-0.3, -0.25) is 0 Å². The molecule has 0 bridgehead atoms. The van der Waals surface area contributed by atoms with Gasteiger partial charge < -0.3 is 5.32 Å². The van der Waals surface area contributed by atoms with E-state index in [1.54, 1.807) is 0 Å². The van der Waals surface area contributed by atoms with Crippen LogP contribution >= 0.6 is 0 Å². The van der Waals surface area contributed by atoms with E-state index in [9.17, 15) is 0 Å². The van der Waals surface area contributed by atoms with Crippen LogP contribution in [0.2, 0.25) is 0 Å². The van der Waals surface area contributed by atoms with Crippen molar-refractivity contribution >= 4 is 0 Å². The summed E-state index contributed by atoms with van der Waals surface area (Å²) in [6, 6.07) is 0. The minimum atomic E-state index is 0.864. The quantitative estimate of drug-likeness (QED) is 0.578. The molecule has 0 heterocycles. The molecule has 0 spiro atoms. The third kappa shape index (κ3) is 6.41. The third-order valence-electron chi connectivity index (χ3n) is 2.20. The first-order valence-corrected chi connectivity index (χ1v) is 5.02. The summed E-state index contributed by atoms with van der Waals surface area (Å²) in [5.74, 6) is 0.864. The van der Waals surface area contributed by atoms with Gasteiger partial charge in [-0.25, -0.2) is 0 Å². The summed E-state index contributed by atoms with van der Waals surface area (Å²) in [5, 5.41) is 3.12. The zero-order valence-corrected chi connectivity index (χ0v) is 8.82. The van der Waals surface area contributed by atoms with Crippen molar-refractivity contribution in [2.75, 3.05) is 13.6 Å². The molecule has 0 saturated carbocycles. The van der Waals surface area contributed by atoms with E-state index < -0.39 is 0 Å². The molecule has 72 valence electrons. The fraction of sp³-hybridized carbons (Fsp3) is 0.818. The second kappa shape index (κ2) is 7.35. The van der Waals surface area contributed by atoms with Gasteiger partial charge in [0.25, 0.3) is 0 Å². The van der Waals surface area contributed by atoms with Crippen LogP contribution in [0.1, 0.15) is 39.5 Å². The van der Waals surface area contributed by atoms with Crippen molar-refractivity contribution in [1.29, 1.82) is 0 Å². The van der Waals surface area contributed by atoms with Gasteiger partial charge in [0, 0.05) is 6.54 Å². The number of rotatable bonds is 7. The lowest BCUT2D eigenvalue weighted by molar-refractivity contribution is 0.483. The zero-order chi connectivity index (χ0) is 9.40. The van der Waals surface area contributed by atoms with Crippen molar-refractivity contribution in [1.82, 2.24) is 5.32 Å². The summed E-state index contributed by atoms with van der Waals surface area (Å²) in [4.78, 5) is 0. The van der Waals surface area contributed by atoms with E-state index in [0.717, 1.165) is 12.5 Å². The molecule has 0 aromatic carbocycles. The maximum Gasteiger partial charge on any atom is 0.0158 e. The largest absolute Gasteiger partial charge is 0.316 e. The van der Waals surface area contributed by atoms with E-state index in [0.29, 0.717) is 0 Å². The summed E-state index contributed by atoms with van der Waals surface area (Å²) in [7, 11) is 1.97. The third-order valence-corrected chi connectivity index (χ3v) is 2.20. The number of hydrogen-bond donors (Lipinski definition) is 1. The molecule has 0 fully saturated rings. The molecule has 0 aromatic heterocycles. The minimum Gasteiger partial charge on any atom is -0.316 e. The molecule has 0 aromatic rings. The number of nitrogens with one attached hydrogen (secondary N) is 1. The minimum absolute atomic E-state index is 0.864. The molecule has 0 amide bonds. The van der Waals surface area contributed by atoms with Crippen LogP contribution in [0.5, 0.6) is 0 Å². The molecule has 1 nitrogen and oxygen atoms in total. The molecule has 0 rings (SSSR count). The van der Waals surface area contributed by atoms with Crippen LogP contribution in [-0.2, 0) is 0 Å². The normalized spacial score (nSPS) is 12.9. The Labute approximate surface area is 77.2 Å². The van der Waals surface area contributed by atoms with E-state index in [2.05, 4.69) is 25.7 Å². The Balaban J connectivity index is 3.33. The molecule has 1 atom stereocenters. The summed E-state index contributed by atoms with van der Waals surface area (Å²) in [6.07, 6.45) is 5.14. The molecule has 1 heteroatoms. The van der Waals surface area contributed by atoms with Gasteiger partial charge in [0.15, 0.2) is 0 Å². The first-order chi connectivity index (χ1) is 5.70. The van der Waals surface area contributed by atoms with Crippen LogP contribution in [-0.4, -0.2) is 13.6 Å². The average molecular weight is 169 g/mol. The molecule has 0 saturated heterocycles. The van der Waals surface area contributed by atoms with Crippen LogP contribution in [0.25, 0.3) is 0 Å². The van der Waals surface area contributed by atoms with Gasteiger partial charge in [-0.2, -0.15) is 0 Å². The number of hydrogen-bond acceptors (Lipinski definition) is 1. The standard InChI is InChI=1S/C11H23N/c1-5-6-10(2)7-8-11(3)9-12-4/h10,12H,3,5-9H2,1-2,4H3. The Morgan fingerprint density at radius 3 is 2.58 bits per heavy atom. The highest BCUT2D eigenvalue weighted by molar-refractivity contribution is 4.96. The first-order valence-electron chi connectivity index (χ1n) is 5.02. The fourth-order valence-corrected chi connectivity index (χ4v) is 1.43. The predicted molar refractivity (Wildman–Crippen MR) is 56.4 cm³/mol. The van der Waals surface area contributed by atoms with Crippen LogP contribution in [0.4, 0.5) is 0 Å². The van der Waals surface area contributed by atoms with Gasteiger partial charge in [-0.1, -0.05) is 38.8 Å². The van der Waals surface area contributed by atoms with Crippen molar-refractivity contribution in [2.45, 2.75) is 39.5 Å². The summed E-state index contributed by atoms with van der Waals surface area (Å²) >= 11 is 0. The van der Waals surface area contributed by atoms with Crippen LogP contribution in [0.15, 0.2) is 12.2 Å². The monoisotopic (exact) mass is 169 g/mol. The smallest absolute Gasteiger partial charge is 0.0158 e. The van der Waals surface area contributed by atoms with Crippen LogP contribution in [0, 0.1) is 5.92 Å². The van der Waals surface area contributed by atoms with E-state index in [4.69, 9.17) is 0 Å². The Kier molecular flexibility index (Phi) is 7.17. The summed E-state index contributed by atoms with van der Waals surface area (Å²) in [5.41, 5.74) is 1.33. The molecule has 1 N–H and O–H groups in total. The average Bonchev–Trinajstić information content (AvgIpc) is 2.02. The highest BCUT2D eigenvalue weighted by atomic mass is 14.8. The Bertz CT molecular complexity index is 118. The van der Waals surface area contributed by atoms with E-state index >= 15 is 0 Å². The van der Waals surface area contributed by atoms with Crippen molar-refractivity contribution in [3.8, 4) is 0 Å². The van der Waals surface area contributed by atoms with E-state index in [1.807, 2.05) is 7.05 Å². The number of likely N-dealkylation sites (N-methyl/N-ethyl adjacent to an activating group) is 1. The first kappa shape index (κ1) is 11.7. The predicted octanol–water partition coefficient (Wildman–Crippen LogP) is 2.98. The zero-order valence-electron chi connectivity index (χ0n) is 8.82. The highest BCUT2D eigenvalue weighted by Crippen LogP contribution is 2.14. The molecule has 0 aliphatic carbocycles. The molecule has 1 unspecified atom stereocenters. The summed E-state index contributed by atoms with van der Waals surface area (Å²) in [6.45, 7) is 9.56. The van der Waals surface area contributed by atoms with Crippen LogP contribution in [0.3, 0.4) is 0 Å². The van der Waals surface area contributed by atoms with E-state index in [1.165, 1.54) is 31.3 Å². The van der Waals surface area contributed by atoms with Gasteiger partial charge >= 0.3 is 0 Å². The van der Waals surface area contributed by atoms with Gasteiger partial charge in [-0.05, 0) is 25.8 Å². The lowest BCUT2D eigenvalue weighted by atomic mass is 9.98. The molecule has 0 radical (unpaired) electrons. The Morgan fingerprint density at radius 2 is 2.08 bits per heavy atom. The molecular formula is C11H23N. The Hall–Kier alpha value is -0.300. The maximum absolute atomic E-state index is 4.01. The second-order valence-corrected chi connectivity index (χ2v) is 3.71. The van der Waals surface area contributed by atoms with Crippen molar-refractivity contribution in [3.63, 3.8) is 0 Å². The maximum atomic E-state index is 4.01. The SMILES string of the molecule is C=C(CCC(C)CCC)CNC. The summed E-state index contributed by atoms with van der Waals surface area (Å²) < 4.78 is 0. The molecular weight excluding hydrogens is 146 g/mol. The van der Waals surface area contributed by atoms with Crippen molar-refractivity contribution in [2.24, 2.45) is 5.92 Å². The topological polar surface area (TPSA) is 12.0 Å². The molecule has 12 heavy (non-hydrogen) atoms. The lowest BCUT2D eigenvalue weighted by Crippen LogP contribution is -2.10. The van der Waals surface area contributed by atoms with Gasteiger partial charge in [0.2, 0.25) is 0 Å². The molecule has 0 aliphatic heterocycles. The fourth-order valence-electron chi connectivity index (χ4n) is 1.43. The highest BCUT2D eigenvalue weighted by Gasteiger charge is 2.01. The van der Waals surface area contributed by atoms with Crippen molar-refractivity contribution in [3.05, 3.63) is 12.2 Å².